The zero-order valence-corrected chi connectivity index (χ0v) is 16.0. The standard InChI is InChI=1S/C22H24F3NO2/c1-15-6-8-16(9-7-15)21(12-4-3-5-13-21)20(27)26-17-10-11-19(28-2)18(14-17)22(23,24)25/h6-11,14H,3-5,12-13H2,1-2H3,(H,26,27). The first-order valence-electron chi connectivity index (χ1n) is 9.40. The van der Waals surface area contributed by atoms with Crippen molar-refractivity contribution in [2.24, 2.45) is 0 Å². The Balaban J connectivity index is 1.94. The van der Waals surface area contributed by atoms with Crippen LogP contribution in [0.5, 0.6) is 5.75 Å². The van der Waals surface area contributed by atoms with Crippen molar-refractivity contribution in [1.82, 2.24) is 0 Å². The topological polar surface area (TPSA) is 38.3 Å². The van der Waals surface area contributed by atoms with Crippen LogP contribution in [0.4, 0.5) is 18.9 Å². The summed E-state index contributed by atoms with van der Waals surface area (Å²) in [5.41, 5.74) is 0.514. The molecular formula is C22H24F3NO2. The SMILES string of the molecule is COc1ccc(NC(=O)C2(c3ccc(C)cc3)CCCCC2)cc1C(F)(F)F. The van der Waals surface area contributed by atoms with Gasteiger partial charge in [-0.25, -0.2) is 0 Å². The van der Waals surface area contributed by atoms with E-state index in [0.717, 1.165) is 36.5 Å². The largest absolute Gasteiger partial charge is 0.496 e. The van der Waals surface area contributed by atoms with Crippen LogP contribution in [0.25, 0.3) is 0 Å². The summed E-state index contributed by atoms with van der Waals surface area (Å²) in [7, 11) is 1.19. The molecule has 3 rings (SSSR count). The number of benzene rings is 2. The summed E-state index contributed by atoms with van der Waals surface area (Å²) in [6.07, 6.45) is -0.309. The molecule has 1 amide bonds. The van der Waals surface area contributed by atoms with Crippen LogP contribution in [-0.4, -0.2) is 13.0 Å². The summed E-state index contributed by atoms with van der Waals surface area (Å²) < 4.78 is 44.7. The van der Waals surface area contributed by atoms with Crippen molar-refractivity contribution in [3.63, 3.8) is 0 Å². The van der Waals surface area contributed by atoms with Gasteiger partial charge in [0.05, 0.1) is 18.1 Å². The van der Waals surface area contributed by atoms with Gasteiger partial charge in [0.15, 0.2) is 0 Å². The lowest BCUT2D eigenvalue weighted by atomic mass is 9.68. The third-order valence-electron chi connectivity index (χ3n) is 5.51. The Bertz CT molecular complexity index is 838. The number of hydrogen-bond donors (Lipinski definition) is 1. The number of carbonyl (C=O) groups excluding carboxylic acids is 1. The van der Waals surface area contributed by atoms with Crippen molar-refractivity contribution < 1.29 is 22.7 Å². The van der Waals surface area contributed by atoms with Gasteiger partial charge < -0.3 is 10.1 Å². The molecule has 6 heteroatoms. The number of hydrogen-bond acceptors (Lipinski definition) is 2. The van der Waals surface area contributed by atoms with E-state index in [1.54, 1.807) is 0 Å². The summed E-state index contributed by atoms with van der Waals surface area (Å²) in [5.74, 6) is -0.522. The van der Waals surface area contributed by atoms with Gasteiger partial charge in [0.2, 0.25) is 5.91 Å². The van der Waals surface area contributed by atoms with Gasteiger partial charge in [0.25, 0.3) is 0 Å². The van der Waals surface area contributed by atoms with E-state index in [1.807, 2.05) is 31.2 Å². The van der Waals surface area contributed by atoms with E-state index in [0.29, 0.717) is 12.8 Å². The Kier molecular flexibility index (Phi) is 5.68. The highest BCUT2D eigenvalue weighted by Crippen LogP contribution is 2.42. The zero-order valence-electron chi connectivity index (χ0n) is 16.0. The van der Waals surface area contributed by atoms with E-state index in [4.69, 9.17) is 4.74 Å². The number of anilines is 1. The third kappa shape index (κ3) is 4.01. The number of aryl methyl sites for hydroxylation is 1. The molecule has 0 heterocycles. The van der Waals surface area contributed by atoms with Crippen molar-refractivity contribution in [3.8, 4) is 5.75 Å². The molecule has 0 aromatic heterocycles. The first kappa shape index (κ1) is 20.2. The van der Waals surface area contributed by atoms with Gasteiger partial charge in [-0.2, -0.15) is 13.2 Å². The lowest BCUT2D eigenvalue weighted by Gasteiger charge is -2.36. The van der Waals surface area contributed by atoms with Crippen molar-refractivity contribution in [3.05, 3.63) is 59.2 Å². The Morgan fingerprint density at radius 2 is 1.68 bits per heavy atom. The Morgan fingerprint density at radius 1 is 1.04 bits per heavy atom. The second-order valence-electron chi connectivity index (χ2n) is 7.38. The minimum Gasteiger partial charge on any atom is -0.496 e. The molecule has 2 aromatic carbocycles. The van der Waals surface area contributed by atoms with Gasteiger partial charge in [0, 0.05) is 5.69 Å². The average Bonchev–Trinajstić information content (AvgIpc) is 2.68. The van der Waals surface area contributed by atoms with Gasteiger partial charge in [0.1, 0.15) is 5.75 Å². The van der Waals surface area contributed by atoms with Crippen LogP contribution in [0.3, 0.4) is 0 Å². The van der Waals surface area contributed by atoms with E-state index >= 15 is 0 Å². The van der Waals surface area contributed by atoms with Crippen LogP contribution < -0.4 is 10.1 Å². The molecule has 1 aliphatic rings. The predicted molar refractivity (Wildman–Crippen MR) is 103 cm³/mol. The van der Waals surface area contributed by atoms with Crippen molar-refractivity contribution >= 4 is 11.6 Å². The highest BCUT2D eigenvalue weighted by atomic mass is 19.4. The molecule has 1 fully saturated rings. The number of carbonyl (C=O) groups is 1. The van der Waals surface area contributed by atoms with Crippen LogP contribution in [0.1, 0.15) is 48.8 Å². The predicted octanol–water partition coefficient (Wildman–Crippen LogP) is 5.86. The van der Waals surface area contributed by atoms with Crippen LogP contribution in [-0.2, 0) is 16.4 Å². The molecule has 0 saturated heterocycles. The molecule has 1 saturated carbocycles. The number of amides is 1. The molecular weight excluding hydrogens is 367 g/mol. The van der Waals surface area contributed by atoms with E-state index < -0.39 is 17.2 Å². The van der Waals surface area contributed by atoms with Crippen LogP contribution in [0.2, 0.25) is 0 Å². The van der Waals surface area contributed by atoms with E-state index in [1.165, 1.54) is 19.2 Å². The summed E-state index contributed by atoms with van der Waals surface area (Å²) in [6.45, 7) is 1.98. The van der Waals surface area contributed by atoms with Gasteiger partial charge in [-0.1, -0.05) is 49.1 Å². The molecule has 0 unspecified atom stereocenters. The van der Waals surface area contributed by atoms with Crippen LogP contribution in [0.15, 0.2) is 42.5 Å². The molecule has 2 aromatic rings. The number of methoxy groups -OCH3 is 1. The molecule has 0 aliphatic heterocycles. The third-order valence-corrected chi connectivity index (χ3v) is 5.51. The maximum absolute atomic E-state index is 13.3. The Labute approximate surface area is 162 Å². The fraction of sp³-hybridized carbons (Fsp3) is 0.409. The number of nitrogens with one attached hydrogen (secondary N) is 1. The maximum atomic E-state index is 13.3. The van der Waals surface area contributed by atoms with Gasteiger partial charge in [-0.15, -0.1) is 0 Å². The lowest BCUT2D eigenvalue weighted by molar-refractivity contribution is -0.138. The van der Waals surface area contributed by atoms with Crippen molar-refractivity contribution in [2.75, 3.05) is 12.4 Å². The van der Waals surface area contributed by atoms with Gasteiger partial charge >= 0.3 is 6.18 Å². The van der Waals surface area contributed by atoms with Crippen molar-refractivity contribution in [2.45, 2.75) is 50.6 Å². The molecule has 150 valence electrons. The zero-order chi connectivity index (χ0) is 20.4. The van der Waals surface area contributed by atoms with E-state index in [9.17, 15) is 18.0 Å². The number of rotatable bonds is 4. The molecule has 3 nitrogen and oxygen atoms in total. The normalized spacial score (nSPS) is 16.5. The highest BCUT2D eigenvalue weighted by Gasteiger charge is 2.41. The number of alkyl halides is 3. The molecule has 0 bridgehead atoms. The number of halogens is 3. The van der Waals surface area contributed by atoms with E-state index in [-0.39, 0.29) is 17.3 Å². The monoisotopic (exact) mass is 391 g/mol. The molecule has 0 atom stereocenters. The van der Waals surface area contributed by atoms with E-state index in [2.05, 4.69) is 5.32 Å². The molecule has 1 N–H and O–H groups in total. The minimum atomic E-state index is -4.56. The smallest absolute Gasteiger partial charge is 0.420 e. The second kappa shape index (κ2) is 7.86. The summed E-state index contributed by atoms with van der Waals surface area (Å²) in [5, 5.41) is 2.73. The van der Waals surface area contributed by atoms with Gasteiger partial charge in [-0.3, -0.25) is 4.79 Å². The molecule has 28 heavy (non-hydrogen) atoms. The Morgan fingerprint density at radius 3 is 2.25 bits per heavy atom. The first-order chi connectivity index (χ1) is 13.3. The Hall–Kier alpha value is -2.50. The highest BCUT2D eigenvalue weighted by molar-refractivity contribution is 5.99. The fourth-order valence-electron chi connectivity index (χ4n) is 3.93. The first-order valence-corrected chi connectivity index (χ1v) is 9.40. The quantitative estimate of drug-likeness (QED) is 0.709. The summed E-state index contributed by atoms with van der Waals surface area (Å²) >= 11 is 0. The average molecular weight is 391 g/mol. The van der Waals surface area contributed by atoms with Crippen molar-refractivity contribution in [1.29, 1.82) is 0 Å². The van der Waals surface area contributed by atoms with Crippen LogP contribution >= 0.6 is 0 Å². The van der Waals surface area contributed by atoms with Crippen LogP contribution in [0, 0.1) is 6.92 Å². The maximum Gasteiger partial charge on any atom is 0.420 e. The number of ether oxygens (including phenoxy) is 1. The molecule has 0 spiro atoms. The fourth-order valence-corrected chi connectivity index (χ4v) is 3.93. The minimum absolute atomic E-state index is 0.121. The molecule has 1 aliphatic carbocycles. The lowest BCUT2D eigenvalue weighted by Crippen LogP contribution is -2.42. The second-order valence-corrected chi connectivity index (χ2v) is 7.38. The van der Waals surface area contributed by atoms with Gasteiger partial charge in [-0.05, 0) is 43.5 Å². The molecule has 0 radical (unpaired) electrons. The summed E-state index contributed by atoms with van der Waals surface area (Å²) in [6, 6.07) is 11.4. The summed E-state index contributed by atoms with van der Waals surface area (Å²) in [4.78, 5) is 13.3.